The van der Waals surface area contributed by atoms with E-state index in [1.165, 1.54) is 19.3 Å². The van der Waals surface area contributed by atoms with Crippen LogP contribution in [0.2, 0.25) is 0 Å². The summed E-state index contributed by atoms with van der Waals surface area (Å²) in [5, 5.41) is 9.00. The molecule has 3 unspecified atom stereocenters. The summed E-state index contributed by atoms with van der Waals surface area (Å²) in [5.74, 6) is 0.553. The molecular weight excluding hydrogens is 206 g/mol. The Morgan fingerprint density at radius 2 is 2.12 bits per heavy atom. The second kappa shape index (κ2) is 3.75. The Balaban J connectivity index is 1.65. The standard InChI is InChI=1S/C12H17NO3/c14-12(15)8-4-5-9-10(6-8)16-11(13-9)7-2-1-3-7/h7-10H,1-6H2,(H,14,15). The molecule has 2 aliphatic carbocycles. The van der Waals surface area contributed by atoms with Gasteiger partial charge in [0.2, 0.25) is 0 Å². The second-order valence-corrected chi connectivity index (χ2v) is 5.17. The molecule has 1 N–H and O–H groups in total. The Bertz CT molecular complexity index is 335. The number of carboxylic acids is 1. The smallest absolute Gasteiger partial charge is 0.306 e. The van der Waals surface area contributed by atoms with Crippen LogP contribution in [0.25, 0.3) is 0 Å². The van der Waals surface area contributed by atoms with Crippen molar-refractivity contribution >= 4 is 11.9 Å². The molecule has 4 nitrogen and oxygen atoms in total. The van der Waals surface area contributed by atoms with E-state index < -0.39 is 5.97 Å². The second-order valence-electron chi connectivity index (χ2n) is 5.17. The third-order valence-corrected chi connectivity index (χ3v) is 4.13. The van der Waals surface area contributed by atoms with Gasteiger partial charge in [0.25, 0.3) is 0 Å². The Hall–Kier alpha value is -1.06. The van der Waals surface area contributed by atoms with Crippen LogP contribution in [0.15, 0.2) is 4.99 Å². The first-order chi connectivity index (χ1) is 7.74. The molecule has 1 aliphatic heterocycles. The van der Waals surface area contributed by atoms with Crippen molar-refractivity contribution in [2.24, 2.45) is 16.8 Å². The first-order valence-electron chi connectivity index (χ1n) is 6.21. The number of carbonyl (C=O) groups is 1. The lowest BCUT2D eigenvalue weighted by molar-refractivity contribution is -0.144. The summed E-state index contributed by atoms with van der Waals surface area (Å²) in [5.41, 5.74) is 0. The third kappa shape index (κ3) is 1.60. The molecule has 0 amide bonds. The summed E-state index contributed by atoms with van der Waals surface area (Å²) in [4.78, 5) is 15.6. The monoisotopic (exact) mass is 223 g/mol. The van der Waals surface area contributed by atoms with Gasteiger partial charge in [-0.1, -0.05) is 6.42 Å². The quantitative estimate of drug-likeness (QED) is 0.777. The first-order valence-corrected chi connectivity index (χ1v) is 6.21. The van der Waals surface area contributed by atoms with Crippen LogP contribution in [0.1, 0.15) is 38.5 Å². The largest absolute Gasteiger partial charge is 0.481 e. The van der Waals surface area contributed by atoms with E-state index in [1.54, 1.807) is 0 Å². The summed E-state index contributed by atoms with van der Waals surface area (Å²) in [7, 11) is 0. The molecule has 1 heterocycles. The minimum Gasteiger partial charge on any atom is -0.481 e. The molecule has 0 aromatic carbocycles. The van der Waals surface area contributed by atoms with Crippen LogP contribution in [-0.4, -0.2) is 29.1 Å². The minimum absolute atomic E-state index is 0.0467. The SMILES string of the molecule is O=C(O)C1CCC2N=C(C3CCC3)OC2C1. The molecule has 0 aromatic heterocycles. The van der Waals surface area contributed by atoms with Crippen molar-refractivity contribution in [3.63, 3.8) is 0 Å². The van der Waals surface area contributed by atoms with Gasteiger partial charge in [0.05, 0.1) is 12.0 Å². The Labute approximate surface area is 94.7 Å². The van der Waals surface area contributed by atoms with E-state index in [1.807, 2.05) is 0 Å². The summed E-state index contributed by atoms with van der Waals surface area (Å²) in [6.45, 7) is 0. The number of carboxylic acid groups (broad SMARTS) is 1. The van der Waals surface area contributed by atoms with Gasteiger partial charge in [0.1, 0.15) is 6.10 Å². The lowest BCUT2D eigenvalue weighted by atomic mass is 9.84. The summed E-state index contributed by atoms with van der Waals surface area (Å²) < 4.78 is 5.84. The zero-order valence-electron chi connectivity index (χ0n) is 9.26. The fraction of sp³-hybridized carbons (Fsp3) is 0.833. The number of fused-ring (bicyclic) bond motifs is 1. The van der Waals surface area contributed by atoms with Crippen molar-refractivity contribution in [3.05, 3.63) is 0 Å². The molecule has 4 heteroatoms. The van der Waals surface area contributed by atoms with Gasteiger partial charge in [-0.05, 0) is 32.1 Å². The third-order valence-electron chi connectivity index (χ3n) is 4.13. The van der Waals surface area contributed by atoms with E-state index in [-0.39, 0.29) is 18.1 Å². The van der Waals surface area contributed by atoms with Crippen LogP contribution in [0, 0.1) is 11.8 Å². The van der Waals surface area contributed by atoms with E-state index in [2.05, 4.69) is 4.99 Å². The molecule has 0 bridgehead atoms. The number of hydrogen-bond acceptors (Lipinski definition) is 3. The van der Waals surface area contributed by atoms with Gasteiger partial charge in [-0.25, -0.2) is 4.99 Å². The number of aliphatic carboxylic acids is 1. The molecule has 2 saturated carbocycles. The average Bonchev–Trinajstić information content (AvgIpc) is 2.56. The van der Waals surface area contributed by atoms with Gasteiger partial charge < -0.3 is 9.84 Å². The lowest BCUT2D eigenvalue weighted by Gasteiger charge is -2.28. The van der Waals surface area contributed by atoms with E-state index >= 15 is 0 Å². The van der Waals surface area contributed by atoms with Crippen LogP contribution >= 0.6 is 0 Å². The fourth-order valence-corrected chi connectivity index (χ4v) is 2.82. The lowest BCUT2D eigenvalue weighted by Crippen LogP contribution is -2.34. The van der Waals surface area contributed by atoms with Crippen molar-refractivity contribution in [2.75, 3.05) is 0 Å². The van der Waals surface area contributed by atoms with Gasteiger partial charge in [0, 0.05) is 5.92 Å². The molecule has 0 saturated heterocycles. The minimum atomic E-state index is -0.681. The highest BCUT2D eigenvalue weighted by Gasteiger charge is 2.41. The van der Waals surface area contributed by atoms with E-state index in [0.29, 0.717) is 12.3 Å². The van der Waals surface area contributed by atoms with E-state index in [4.69, 9.17) is 9.84 Å². The highest BCUT2D eigenvalue weighted by atomic mass is 16.5. The Morgan fingerprint density at radius 3 is 2.75 bits per heavy atom. The Morgan fingerprint density at radius 1 is 1.31 bits per heavy atom. The van der Waals surface area contributed by atoms with Crippen LogP contribution < -0.4 is 0 Å². The molecule has 0 spiro atoms. The molecule has 16 heavy (non-hydrogen) atoms. The van der Waals surface area contributed by atoms with Crippen molar-refractivity contribution in [1.29, 1.82) is 0 Å². The van der Waals surface area contributed by atoms with E-state index in [9.17, 15) is 4.79 Å². The maximum absolute atomic E-state index is 10.9. The van der Waals surface area contributed by atoms with Crippen molar-refractivity contribution in [2.45, 2.75) is 50.7 Å². The van der Waals surface area contributed by atoms with Crippen LogP contribution in [0.4, 0.5) is 0 Å². The zero-order valence-corrected chi connectivity index (χ0v) is 9.26. The molecular formula is C12H17NO3. The number of rotatable bonds is 2. The molecule has 3 atom stereocenters. The van der Waals surface area contributed by atoms with Gasteiger partial charge in [-0.3, -0.25) is 4.79 Å². The average molecular weight is 223 g/mol. The predicted molar refractivity (Wildman–Crippen MR) is 58.4 cm³/mol. The van der Waals surface area contributed by atoms with E-state index in [0.717, 1.165) is 18.7 Å². The molecule has 88 valence electrons. The number of nitrogens with zero attached hydrogens (tertiary/aromatic N) is 1. The topological polar surface area (TPSA) is 58.9 Å². The Kier molecular flexibility index (Phi) is 2.37. The zero-order chi connectivity index (χ0) is 11.1. The van der Waals surface area contributed by atoms with Crippen molar-refractivity contribution in [3.8, 4) is 0 Å². The van der Waals surface area contributed by atoms with Gasteiger partial charge in [-0.15, -0.1) is 0 Å². The van der Waals surface area contributed by atoms with Crippen molar-refractivity contribution in [1.82, 2.24) is 0 Å². The predicted octanol–water partition coefficient (Wildman–Crippen LogP) is 1.84. The maximum atomic E-state index is 10.9. The molecule has 0 aromatic rings. The number of ether oxygens (including phenoxy) is 1. The maximum Gasteiger partial charge on any atom is 0.306 e. The summed E-state index contributed by atoms with van der Waals surface area (Å²) in [6.07, 6.45) is 5.98. The van der Waals surface area contributed by atoms with Crippen LogP contribution in [0.3, 0.4) is 0 Å². The van der Waals surface area contributed by atoms with Gasteiger partial charge in [0.15, 0.2) is 5.90 Å². The highest BCUT2D eigenvalue weighted by molar-refractivity contribution is 5.81. The van der Waals surface area contributed by atoms with Crippen molar-refractivity contribution < 1.29 is 14.6 Å². The molecule has 2 fully saturated rings. The number of hydrogen-bond donors (Lipinski definition) is 1. The van der Waals surface area contributed by atoms with Gasteiger partial charge >= 0.3 is 5.97 Å². The molecule has 0 radical (unpaired) electrons. The highest BCUT2D eigenvalue weighted by Crippen LogP contribution is 2.37. The molecule has 3 aliphatic rings. The van der Waals surface area contributed by atoms with Gasteiger partial charge in [-0.2, -0.15) is 0 Å². The molecule has 3 rings (SSSR count). The fourth-order valence-electron chi connectivity index (χ4n) is 2.82. The van der Waals surface area contributed by atoms with Crippen LogP contribution in [-0.2, 0) is 9.53 Å². The first kappa shape index (κ1) is 10.1. The normalized spacial score (nSPS) is 38.2. The summed E-state index contributed by atoms with van der Waals surface area (Å²) in [6, 6.07) is 0.242. The summed E-state index contributed by atoms with van der Waals surface area (Å²) >= 11 is 0. The number of aliphatic imine (C=N–C) groups is 1. The van der Waals surface area contributed by atoms with Crippen LogP contribution in [0.5, 0.6) is 0 Å².